The van der Waals surface area contributed by atoms with E-state index in [9.17, 15) is 8.42 Å². The van der Waals surface area contributed by atoms with Crippen molar-refractivity contribution in [3.63, 3.8) is 0 Å². The fourth-order valence-electron chi connectivity index (χ4n) is 1.88. The quantitative estimate of drug-likeness (QED) is 0.875. The van der Waals surface area contributed by atoms with E-state index in [1.807, 2.05) is 19.1 Å². The predicted molar refractivity (Wildman–Crippen MR) is 80.7 cm³/mol. The van der Waals surface area contributed by atoms with Crippen molar-refractivity contribution in [2.24, 2.45) is 0 Å². The third-order valence-electron chi connectivity index (χ3n) is 3.21. The Bertz CT molecular complexity index is 693. The van der Waals surface area contributed by atoms with Crippen LogP contribution < -0.4 is 4.31 Å². The number of hydrogen-bond donors (Lipinski definition) is 1. The Balaban J connectivity index is 2.24. The average molecular weight is 309 g/mol. The summed E-state index contributed by atoms with van der Waals surface area (Å²) >= 11 is 0. The number of anilines is 1. The summed E-state index contributed by atoms with van der Waals surface area (Å²) in [6.07, 6.45) is 3.35. The van der Waals surface area contributed by atoms with E-state index < -0.39 is 10.0 Å². The van der Waals surface area contributed by atoms with Gasteiger partial charge in [0.2, 0.25) is 0 Å². The number of aryl methyl sites for hydroxylation is 2. The molecule has 0 atom stereocenters. The van der Waals surface area contributed by atoms with Crippen molar-refractivity contribution in [2.45, 2.75) is 24.8 Å². The molecule has 0 spiro atoms. The molecule has 0 aliphatic rings. The first kappa shape index (κ1) is 15.5. The van der Waals surface area contributed by atoms with Gasteiger partial charge in [-0.2, -0.15) is 5.10 Å². The molecule has 7 heteroatoms. The van der Waals surface area contributed by atoms with Gasteiger partial charge < -0.3 is 5.11 Å². The van der Waals surface area contributed by atoms with Crippen molar-refractivity contribution in [1.82, 2.24) is 9.78 Å². The molecule has 0 aliphatic heterocycles. The highest BCUT2D eigenvalue weighted by molar-refractivity contribution is 7.92. The van der Waals surface area contributed by atoms with E-state index in [-0.39, 0.29) is 11.5 Å². The molecule has 2 aromatic rings. The summed E-state index contributed by atoms with van der Waals surface area (Å²) in [7, 11) is -2.10. The van der Waals surface area contributed by atoms with Crippen LogP contribution >= 0.6 is 0 Å². The van der Waals surface area contributed by atoms with Crippen LogP contribution in [0.1, 0.15) is 12.0 Å². The topological polar surface area (TPSA) is 75.4 Å². The minimum atomic E-state index is -3.62. The second kappa shape index (κ2) is 6.28. The highest BCUT2D eigenvalue weighted by atomic mass is 32.2. The van der Waals surface area contributed by atoms with Gasteiger partial charge in [-0.15, -0.1) is 0 Å². The number of aliphatic hydroxyl groups excluding tert-OH is 1. The number of nitrogens with zero attached hydrogens (tertiary/aromatic N) is 3. The Labute approximate surface area is 124 Å². The third-order valence-corrected chi connectivity index (χ3v) is 4.95. The van der Waals surface area contributed by atoms with E-state index >= 15 is 0 Å². The van der Waals surface area contributed by atoms with Crippen LogP contribution in [0.5, 0.6) is 0 Å². The van der Waals surface area contributed by atoms with Crippen LogP contribution in [0.2, 0.25) is 0 Å². The van der Waals surface area contributed by atoms with Gasteiger partial charge in [0.05, 0.1) is 11.9 Å². The molecule has 0 saturated heterocycles. The largest absolute Gasteiger partial charge is 0.396 e. The van der Waals surface area contributed by atoms with Gasteiger partial charge in [-0.1, -0.05) is 17.7 Å². The molecule has 0 aliphatic carbocycles. The molecule has 1 aromatic carbocycles. The van der Waals surface area contributed by atoms with Crippen LogP contribution in [0.15, 0.2) is 41.6 Å². The van der Waals surface area contributed by atoms with E-state index in [1.54, 1.807) is 12.1 Å². The number of rotatable bonds is 6. The Morgan fingerprint density at radius 3 is 2.57 bits per heavy atom. The van der Waals surface area contributed by atoms with Crippen LogP contribution in [0.3, 0.4) is 0 Å². The zero-order valence-electron chi connectivity index (χ0n) is 12.1. The standard InChI is InChI=1S/C14H19N3O3S/c1-12-4-6-13(7-5-12)16(2)21(19,20)14-10-15-17(11-14)8-3-9-18/h4-7,10-11,18H,3,8-9H2,1-2H3. The summed E-state index contributed by atoms with van der Waals surface area (Å²) in [5.74, 6) is 0. The molecule has 6 nitrogen and oxygen atoms in total. The van der Waals surface area contributed by atoms with Crippen LogP contribution in [-0.4, -0.2) is 37.0 Å². The van der Waals surface area contributed by atoms with Gasteiger partial charge in [0, 0.05) is 26.4 Å². The number of aromatic nitrogens is 2. The number of benzene rings is 1. The van der Waals surface area contributed by atoms with E-state index in [0.717, 1.165) is 5.56 Å². The summed E-state index contributed by atoms with van der Waals surface area (Å²) in [6.45, 7) is 2.48. The van der Waals surface area contributed by atoms with E-state index in [0.29, 0.717) is 18.7 Å². The second-order valence-corrected chi connectivity index (χ2v) is 6.79. The van der Waals surface area contributed by atoms with E-state index in [2.05, 4.69) is 5.10 Å². The summed E-state index contributed by atoms with van der Waals surface area (Å²) in [6, 6.07) is 7.27. The summed E-state index contributed by atoms with van der Waals surface area (Å²) in [5.41, 5.74) is 1.67. The van der Waals surface area contributed by atoms with Crippen molar-refractivity contribution in [3.8, 4) is 0 Å². The average Bonchev–Trinajstić information content (AvgIpc) is 2.94. The lowest BCUT2D eigenvalue weighted by atomic mass is 10.2. The molecule has 0 amide bonds. The molecule has 1 aromatic heterocycles. The van der Waals surface area contributed by atoms with Crippen molar-refractivity contribution in [3.05, 3.63) is 42.2 Å². The van der Waals surface area contributed by atoms with Gasteiger partial charge in [-0.05, 0) is 25.5 Å². The highest BCUT2D eigenvalue weighted by Crippen LogP contribution is 2.21. The van der Waals surface area contributed by atoms with Crippen LogP contribution in [0.25, 0.3) is 0 Å². The predicted octanol–water partition coefficient (Wildman–Crippen LogP) is 1.40. The molecule has 2 rings (SSSR count). The van der Waals surface area contributed by atoms with Gasteiger partial charge in [0.25, 0.3) is 10.0 Å². The maximum atomic E-state index is 12.5. The van der Waals surface area contributed by atoms with Crippen molar-refractivity contribution in [1.29, 1.82) is 0 Å². The molecule has 114 valence electrons. The molecule has 0 saturated carbocycles. The fourth-order valence-corrected chi connectivity index (χ4v) is 3.04. The lowest BCUT2D eigenvalue weighted by Gasteiger charge is -2.18. The summed E-state index contributed by atoms with van der Waals surface area (Å²) in [5, 5.41) is 12.8. The van der Waals surface area contributed by atoms with Gasteiger partial charge in [0.1, 0.15) is 4.90 Å². The molecule has 1 N–H and O–H groups in total. The minimum Gasteiger partial charge on any atom is -0.396 e. The van der Waals surface area contributed by atoms with Gasteiger partial charge in [-0.25, -0.2) is 8.42 Å². The Kier molecular flexibility index (Phi) is 4.64. The third kappa shape index (κ3) is 3.43. The van der Waals surface area contributed by atoms with Crippen LogP contribution in [0, 0.1) is 6.92 Å². The SMILES string of the molecule is Cc1ccc(N(C)S(=O)(=O)c2cnn(CCCO)c2)cc1. The van der Waals surface area contributed by atoms with Crippen molar-refractivity contribution >= 4 is 15.7 Å². The summed E-state index contributed by atoms with van der Waals surface area (Å²) in [4.78, 5) is 0.142. The zero-order chi connectivity index (χ0) is 15.5. The normalized spacial score (nSPS) is 11.6. The molecule has 1 heterocycles. The van der Waals surface area contributed by atoms with Crippen molar-refractivity contribution in [2.75, 3.05) is 18.0 Å². The van der Waals surface area contributed by atoms with Crippen molar-refractivity contribution < 1.29 is 13.5 Å². The fraction of sp³-hybridized carbons (Fsp3) is 0.357. The van der Waals surface area contributed by atoms with E-state index in [4.69, 9.17) is 5.11 Å². The van der Waals surface area contributed by atoms with Gasteiger partial charge in [-0.3, -0.25) is 8.99 Å². The molecule has 0 unspecified atom stereocenters. The first-order valence-electron chi connectivity index (χ1n) is 6.64. The molecule has 21 heavy (non-hydrogen) atoms. The maximum Gasteiger partial charge on any atom is 0.267 e. The number of sulfonamides is 1. The molecule has 0 bridgehead atoms. The smallest absolute Gasteiger partial charge is 0.267 e. The van der Waals surface area contributed by atoms with E-state index in [1.165, 1.54) is 28.4 Å². The Morgan fingerprint density at radius 2 is 1.95 bits per heavy atom. The first-order valence-corrected chi connectivity index (χ1v) is 8.08. The summed E-state index contributed by atoms with van der Waals surface area (Å²) < 4.78 is 27.8. The van der Waals surface area contributed by atoms with Crippen LogP contribution in [-0.2, 0) is 16.6 Å². The molecule has 0 fully saturated rings. The lowest BCUT2D eigenvalue weighted by molar-refractivity contribution is 0.277. The maximum absolute atomic E-state index is 12.5. The van der Waals surface area contributed by atoms with Gasteiger partial charge >= 0.3 is 0 Å². The Morgan fingerprint density at radius 1 is 1.29 bits per heavy atom. The molecule has 0 radical (unpaired) electrons. The van der Waals surface area contributed by atoms with Gasteiger partial charge in [0.15, 0.2) is 0 Å². The zero-order valence-corrected chi connectivity index (χ0v) is 12.9. The highest BCUT2D eigenvalue weighted by Gasteiger charge is 2.23. The molecular formula is C14H19N3O3S. The Hall–Kier alpha value is -1.86. The monoisotopic (exact) mass is 309 g/mol. The molecular weight excluding hydrogens is 290 g/mol. The first-order chi connectivity index (χ1) is 9.95. The number of hydrogen-bond acceptors (Lipinski definition) is 4. The lowest BCUT2D eigenvalue weighted by Crippen LogP contribution is -2.26. The second-order valence-electron chi connectivity index (χ2n) is 4.82. The van der Waals surface area contributed by atoms with Crippen LogP contribution in [0.4, 0.5) is 5.69 Å². The number of aliphatic hydroxyl groups is 1. The minimum absolute atomic E-state index is 0.0468.